The van der Waals surface area contributed by atoms with Crippen molar-refractivity contribution >= 4 is 5.57 Å². The van der Waals surface area contributed by atoms with Gasteiger partial charge in [0.25, 0.3) is 0 Å². The highest BCUT2D eigenvalue weighted by Gasteiger charge is 2.17. The predicted octanol–water partition coefficient (Wildman–Crippen LogP) is 4.72. The molecule has 0 saturated heterocycles. The molecule has 2 rings (SSSR count). The van der Waals surface area contributed by atoms with Crippen molar-refractivity contribution in [2.24, 2.45) is 5.92 Å². The molecule has 0 amide bonds. The molecule has 0 radical (unpaired) electrons. The molecule has 0 fully saturated rings. The molecule has 1 atom stereocenters. The highest BCUT2D eigenvalue weighted by molar-refractivity contribution is 5.66. The van der Waals surface area contributed by atoms with Gasteiger partial charge in [0.2, 0.25) is 0 Å². The summed E-state index contributed by atoms with van der Waals surface area (Å²) < 4.78 is 26.7. The Morgan fingerprint density at radius 1 is 1.35 bits per heavy atom. The van der Waals surface area contributed by atoms with E-state index in [0.717, 1.165) is 37.3 Å². The van der Waals surface area contributed by atoms with Crippen molar-refractivity contribution in [1.82, 2.24) is 0 Å². The maximum Gasteiger partial charge on any atom is 0.166 e. The first kappa shape index (κ1) is 12.0. The lowest BCUT2D eigenvalue weighted by atomic mass is 9.85. The average molecular weight is 234 g/mol. The highest BCUT2D eigenvalue weighted by Crippen LogP contribution is 2.33. The molecule has 0 nitrogen and oxygen atoms in total. The first-order valence-electron chi connectivity index (χ1n) is 5.96. The van der Waals surface area contributed by atoms with Crippen molar-refractivity contribution in [2.45, 2.75) is 25.7 Å². The fourth-order valence-electron chi connectivity index (χ4n) is 2.33. The molecule has 1 aromatic rings. The minimum atomic E-state index is -0.767. The molecule has 1 aliphatic carbocycles. The molecule has 0 bridgehead atoms. The first-order chi connectivity index (χ1) is 8.22. The minimum absolute atomic E-state index is 0.419. The number of rotatable bonds is 3. The van der Waals surface area contributed by atoms with Crippen LogP contribution in [0.2, 0.25) is 0 Å². The second-order valence-electron chi connectivity index (χ2n) is 4.50. The Bertz CT molecular complexity index is 446. The summed E-state index contributed by atoms with van der Waals surface area (Å²) in [5.41, 5.74) is 1.35. The molecular formula is C15H16F2. The average Bonchev–Trinajstić information content (AvgIpc) is 2.34. The minimum Gasteiger partial charge on any atom is -0.204 e. The Morgan fingerprint density at radius 2 is 2.18 bits per heavy atom. The Balaban J connectivity index is 2.19. The molecule has 0 aliphatic heterocycles. The van der Waals surface area contributed by atoms with Crippen LogP contribution >= 0.6 is 0 Å². The van der Waals surface area contributed by atoms with Crippen molar-refractivity contribution in [2.75, 3.05) is 0 Å². The fourth-order valence-corrected chi connectivity index (χ4v) is 2.33. The van der Waals surface area contributed by atoms with E-state index in [0.29, 0.717) is 11.5 Å². The van der Waals surface area contributed by atoms with Crippen LogP contribution in [0.3, 0.4) is 0 Å². The van der Waals surface area contributed by atoms with Crippen LogP contribution in [0.4, 0.5) is 8.78 Å². The van der Waals surface area contributed by atoms with Crippen LogP contribution in [0.1, 0.15) is 31.2 Å². The van der Waals surface area contributed by atoms with Gasteiger partial charge in [0.1, 0.15) is 0 Å². The van der Waals surface area contributed by atoms with E-state index in [1.54, 1.807) is 12.1 Å². The number of hydrogen-bond acceptors (Lipinski definition) is 0. The van der Waals surface area contributed by atoms with Crippen LogP contribution in [-0.2, 0) is 0 Å². The molecule has 0 saturated carbocycles. The molecule has 2 heteroatoms. The maximum absolute atomic E-state index is 13.6. The normalized spacial score (nSPS) is 19.9. The van der Waals surface area contributed by atoms with Gasteiger partial charge in [0.05, 0.1) is 0 Å². The van der Waals surface area contributed by atoms with E-state index in [2.05, 4.69) is 6.58 Å². The third-order valence-corrected chi connectivity index (χ3v) is 3.32. The van der Waals surface area contributed by atoms with Gasteiger partial charge in [-0.05, 0) is 43.2 Å². The van der Waals surface area contributed by atoms with Gasteiger partial charge < -0.3 is 0 Å². The van der Waals surface area contributed by atoms with E-state index in [1.165, 1.54) is 0 Å². The van der Waals surface area contributed by atoms with Gasteiger partial charge in [-0.1, -0.05) is 24.3 Å². The Hall–Kier alpha value is -1.44. The Morgan fingerprint density at radius 3 is 2.82 bits per heavy atom. The highest BCUT2D eigenvalue weighted by atomic mass is 19.2. The molecule has 1 aliphatic rings. The summed E-state index contributed by atoms with van der Waals surface area (Å²) in [6, 6.07) is 4.37. The van der Waals surface area contributed by atoms with E-state index in [-0.39, 0.29) is 0 Å². The third-order valence-electron chi connectivity index (χ3n) is 3.32. The molecule has 1 aromatic carbocycles. The van der Waals surface area contributed by atoms with Crippen molar-refractivity contribution in [1.29, 1.82) is 0 Å². The van der Waals surface area contributed by atoms with Gasteiger partial charge in [0.15, 0.2) is 11.6 Å². The molecule has 0 spiro atoms. The summed E-state index contributed by atoms with van der Waals surface area (Å²) in [4.78, 5) is 0. The van der Waals surface area contributed by atoms with Crippen LogP contribution in [0.5, 0.6) is 0 Å². The van der Waals surface area contributed by atoms with E-state index < -0.39 is 11.6 Å². The van der Waals surface area contributed by atoms with Crippen LogP contribution in [0.25, 0.3) is 5.57 Å². The second kappa shape index (κ2) is 5.26. The van der Waals surface area contributed by atoms with Gasteiger partial charge in [-0.3, -0.25) is 0 Å². The largest absolute Gasteiger partial charge is 0.204 e. The van der Waals surface area contributed by atoms with Crippen molar-refractivity contribution < 1.29 is 8.78 Å². The molecule has 17 heavy (non-hydrogen) atoms. The topological polar surface area (TPSA) is 0 Å². The standard InChI is InChI=1S/C15H16F2/c1-2-4-11-7-9-12(10-8-11)13-5-3-6-14(16)15(13)17/h2-3,5-6,9,11H,1,4,7-8,10H2. The molecular weight excluding hydrogens is 218 g/mol. The molecule has 0 N–H and O–H groups in total. The number of allylic oxidation sites excluding steroid dienone is 3. The summed E-state index contributed by atoms with van der Waals surface area (Å²) >= 11 is 0. The summed E-state index contributed by atoms with van der Waals surface area (Å²) in [7, 11) is 0. The lowest BCUT2D eigenvalue weighted by molar-refractivity contribution is 0.485. The molecule has 0 heterocycles. The molecule has 0 aromatic heterocycles. The first-order valence-corrected chi connectivity index (χ1v) is 5.96. The van der Waals surface area contributed by atoms with E-state index in [1.807, 2.05) is 12.2 Å². The van der Waals surface area contributed by atoms with Crippen LogP contribution in [0.15, 0.2) is 36.9 Å². The quantitative estimate of drug-likeness (QED) is 0.663. The number of hydrogen-bond donors (Lipinski definition) is 0. The lowest BCUT2D eigenvalue weighted by Crippen LogP contribution is -2.05. The molecule has 90 valence electrons. The van der Waals surface area contributed by atoms with Gasteiger partial charge in [-0.25, -0.2) is 8.78 Å². The lowest BCUT2D eigenvalue weighted by Gasteiger charge is -2.21. The summed E-state index contributed by atoms with van der Waals surface area (Å²) in [5.74, 6) is -0.884. The monoisotopic (exact) mass is 234 g/mol. The zero-order chi connectivity index (χ0) is 12.3. The van der Waals surface area contributed by atoms with Gasteiger partial charge in [-0.2, -0.15) is 0 Å². The zero-order valence-corrected chi connectivity index (χ0v) is 9.76. The van der Waals surface area contributed by atoms with Gasteiger partial charge >= 0.3 is 0 Å². The SMILES string of the molecule is C=CCC1CC=C(c2cccc(F)c2F)CC1. The third kappa shape index (κ3) is 2.63. The van der Waals surface area contributed by atoms with Crippen molar-refractivity contribution in [3.63, 3.8) is 0 Å². The number of benzene rings is 1. The van der Waals surface area contributed by atoms with Crippen molar-refractivity contribution in [3.8, 4) is 0 Å². The van der Waals surface area contributed by atoms with E-state index in [4.69, 9.17) is 0 Å². The van der Waals surface area contributed by atoms with Gasteiger partial charge in [0, 0.05) is 5.56 Å². The predicted molar refractivity (Wildman–Crippen MR) is 66.5 cm³/mol. The van der Waals surface area contributed by atoms with Crippen molar-refractivity contribution in [3.05, 3.63) is 54.1 Å². The van der Waals surface area contributed by atoms with Crippen LogP contribution in [-0.4, -0.2) is 0 Å². The Labute approximate surface area is 101 Å². The fraction of sp³-hybridized carbons (Fsp3) is 0.333. The Kier molecular flexibility index (Phi) is 3.72. The molecule has 1 unspecified atom stereocenters. The second-order valence-corrected chi connectivity index (χ2v) is 4.50. The zero-order valence-electron chi connectivity index (χ0n) is 9.76. The number of halogens is 2. The van der Waals surface area contributed by atoms with E-state index >= 15 is 0 Å². The smallest absolute Gasteiger partial charge is 0.166 e. The van der Waals surface area contributed by atoms with Crippen LogP contribution in [0, 0.1) is 17.6 Å². The van der Waals surface area contributed by atoms with Gasteiger partial charge in [-0.15, -0.1) is 6.58 Å². The summed E-state index contributed by atoms with van der Waals surface area (Å²) in [5, 5.41) is 0. The van der Waals surface area contributed by atoms with E-state index in [9.17, 15) is 8.78 Å². The maximum atomic E-state index is 13.6. The van der Waals surface area contributed by atoms with Crippen LogP contribution < -0.4 is 0 Å². The summed E-state index contributed by atoms with van der Waals surface area (Å²) in [6.07, 6.45) is 7.72. The summed E-state index contributed by atoms with van der Waals surface area (Å²) in [6.45, 7) is 3.73.